The average molecular weight is 146 g/mol. The summed E-state index contributed by atoms with van der Waals surface area (Å²) in [6, 6.07) is 0. The molecule has 0 aliphatic carbocycles. The van der Waals surface area contributed by atoms with Crippen molar-refractivity contribution < 1.29 is 24.6 Å². The SMILES string of the molecule is C[C@@H](C(=O)O)C(=O)C(=O)O. The Morgan fingerprint density at radius 1 is 1.20 bits per heavy atom. The summed E-state index contributed by atoms with van der Waals surface area (Å²) in [5, 5.41) is 16.1. The van der Waals surface area contributed by atoms with Gasteiger partial charge in [0, 0.05) is 0 Å². The third-order valence-electron chi connectivity index (χ3n) is 0.974. The van der Waals surface area contributed by atoms with Crippen LogP contribution in [0.1, 0.15) is 6.92 Å². The lowest BCUT2D eigenvalue weighted by atomic mass is 10.1. The van der Waals surface area contributed by atoms with Crippen LogP contribution in [0.2, 0.25) is 0 Å². The molecule has 0 aromatic heterocycles. The van der Waals surface area contributed by atoms with Crippen LogP contribution in [0.15, 0.2) is 0 Å². The minimum atomic E-state index is -1.71. The van der Waals surface area contributed by atoms with Crippen molar-refractivity contribution in [3.8, 4) is 0 Å². The van der Waals surface area contributed by atoms with E-state index in [-0.39, 0.29) is 0 Å². The fourth-order valence-electron chi connectivity index (χ4n) is 0.297. The van der Waals surface area contributed by atoms with Crippen LogP contribution < -0.4 is 0 Å². The van der Waals surface area contributed by atoms with E-state index >= 15 is 0 Å². The van der Waals surface area contributed by atoms with Gasteiger partial charge in [0.25, 0.3) is 5.78 Å². The fraction of sp³-hybridized carbons (Fsp3) is 0.400. The monoisotopic (exact) mass is 146 g/mol. The van der Waals surface area contributed by atoms with Gasteiger partial charge in [-0.15, -0.1) is 0 Å². The molecule has 0 radical (unpaired) electrons. The molecular formula is C5H6O5. The Bertz CT molecular complexity index is 182. The molecule has 0 unspecified atom stereocenters. The lowest BCUT2D eigenvalue weighted by Gasteiger charge is -1.97. The normalized spacial score (nSPS) is 12.1. The van der Waals surface area contributed by atoms with Crippen LogP contribution in [0.3, 0.4) is 0 Å². The van der Waals surface area contributed by atoms with E-state index in [1.165, 1.54) is 0 Å². The Kier molecular flexibility index (Phi) is 2.54. The number of carbonyl (C=O) groups is 3. The van der Waals surface area contributed by atoms with Gasteiger partial charge in [-0.25, -0.2) is 4.79 Å². The van der Waals surface area contributed by atoms with E-state index in [1.807, 2.05) is 0 Å². The first kappa shape index (κ1) is 8.61. The second-order valence-corrected chi connectivity index (χ2v) is 1.73. The summed E-state index contributed by atoms with van der Waals surface area (Å²) in [5.41, 5.74) is 0. The number of ketones is 1. The molecule has 0 amide bonds. The molecule has 0 spiro atoms. The van der Waals surface area contributed by atoms with Crippen molar-refractivity contribution in [2.75, 3.05) is 0 Å². The van der Waals surface area contributed by atoms with Gasteiger partial charge in [-0.2, -0.15) is 0 Å². The lowest BCUT2D eigenvalue weighted by molar-refractivity contribution is -0.156. The van der Waals surface area contributed by atoms with Crippen molar-refractivity contribution >= 4 is 17.7 Å². The van der Waals surface area contributed by atoms with Gasteiger partial charge in [-0.05, 0) is 6.92 Å². The molecule has 5 nitrogen and oxygen atoms in total. The zero-order chi connectivity index (χ0) is 8.31. The third kappa shape index (κ3) is 1.85. The largest absolute Gasteiger partial charge is 0.481 e. The number of carboxylic acids is 2. The van der Waals surface area contributed by atoms with Gasteiger partial charge in [-0.1, -0.05) is 0 Å². The first-order valence-electron chi connectivity index (χ1n) is 2.46. The van der Waals surface area contributed by atoms with Crippen LogP contribution >= 0.6 is 0 Å². The smallest absolute Gasteiger partial charge is 0.373 e. The van der Waals surface area contributed by atoms with Crippen LogP contribution in [0, 0.1) is 5.92 Å². The molecule has 0 heterocycles. The maximum atomic E-state index is 10.3. The van der Waals surface area contributed by atoms with Crippen LogP contribution in [-0.2, 0) is 14.4 Å². The third-order valence-corrected chi connectivity index (χ3v) is 0.974. The Hall–Kier alpha value is -1.39. The first-order chi connectivity index (χ1) is 4.46. The highest BCUT2D eigenvalue weighted by Crippen LogP contribution is 1.95. The zero-order valence-corrected chi connectivity index (χ0v) is 5.20. The Morgan fingerprint density at radius 3 is 1.70 bits per heavy atom. The summed E-state index contributed by atoms with van der Waals surface area (Å²) >= 11 is 0. The van der Waals surface area contributed by atoms with E-state index in [1.54, 1.807) is 0 Å². The molecule has 0 saturated carbocycles. The minimum absolute atomic E-state index is 1.03. The van der Waals surface area contributed by atoms with E-state index in [4.69, 9.17) is 10.2 Å². The summed E-state index contributed by atoms with van der Waals surface area (Å²) in [7, 11) is 0. The van der Waals surface area contributed by atoms with Crippen molar-refractivity contribution in [3.63, 3.8) is 0 Å². The van der Waals surface area contributed by atoms with Gasteiger partial charge in [0.15, 0.2) is 0 Å². The molecule has 0 fully saturated rings. The number of hydrogen-bond acceptors (Lipinski definition) is 3. The topological polar surface area (TPSA) is 91.7 Å². The Morgan fingerprint density at radius 2 is 1.60 bits per heavy atom. The summed E-state index contributed by atoms with van der Waals surface area (Å²) in [4.78, 5) is 30.1. The molecule has 0 aliphatic heterocycles. The van der Waals surface area contributed by atoms with Crippen LogP contribution in [0.5, 0.6) is 0 Å². The van der Waals surface area contributed by atoms with E-state index in [0.717, 1.165) is 6.92 Å². The second-order valence-electron chi connectivity index (χ2n) is 1.73. The highest BCUT2D eigenvalue weighted by molar-refractivity contribution is 6.36. The molecule has 0 bridgehead atoms. The molecule has 1 atom stereocenters. The maximum absolute atomic E-state index is 10.3. The van der Waals surface area contributed by atoms with Gasteiger partial charge < -0.3 is 10.2 Å². The van der Waals surface area contributed by atoms with E-state index < -0.39 is 23.6 Å². The maximum Gasteiger partial charge on any atom is 0.373 e. The molecule has 0 aliphatic rings. The molecule has 5 heteroatoms. The number of carboxylic acid groups (broad SMARTS) is 2. The van der Waals surface area contributed by atoms with E-state index in [0.29, 0.717) is 0 Å². The van der Waals surface area contributed by atoms with Crippen LogP contribution in [0.25, 0.3) is 0 Å². The quantitative estimate of drug-likeness (QED) is 0.408. The van der Waals surface area contributed by atoms with Crippen molar-refractivity contribution in [3.05, 3.63) is 0 Å². The highest BCUT2D eigenvalue weighted by atomic mass is 16.4. The van der Waals surface area contributed by atoms with Gasteiger partial charge >= 0.3 is 11.9 Å². The highest BCUT2D eigenvalue weighted by Gasteiger charge is 2.26. The van der Waals surface area contributed by atoms with Gasteiger partial charge in [-0.3, -0.25) is 9.59 Å². The molecule has 0 aromatic rings. The summed E-state index contributed by atoms with van der Waals surface area (Å²) in [6.45, 7) is 1.03. The summed E-state index contributed by atoms with van der Waals surface area (Å²) in [6.07, 6.45) is 0. The molecular weight excluding hydrogens is 140 g/mol. The number of aliphatic carboxylic acids is 2. The lowest BCUT2D eigenvalue weighted by Crippen LogP contribution is -2.27. The zero-order valence-electron chi connectivity index (χ0n) is 5.20. The molecule has 0 saturated heterocycles. The van der Waals surface area contributed by atoms with Crippen molar-refractivity contribution in [1.82, 2.24) is 0 Å². The van der Waals surface area contributed by atoms with Crippen molar-refractivity contribution in [1.29, 1.82) is 0 Å². The summed E-state index contributed by atoms with van der Waals surface area (Å²) < 4.78 is 0. The molecule has 0 rings (SSSR count). The molecule has 2 N–H and O–H groups in total. The van der Waals surface area contributed by atoms with E-state index in [2.05, 4.69) is 0 Å². The van der Waals surface area contributed by atoms with Gasteiger partial charge in [0.2, 0.25) is 0 Å². The van der Waals surface area contributed by atoms with Gasteiger partial charge in [0.1, 0.15) is 5.92 Å². The Labute approximate surface area is 56.3 Å². The fourth-order valence-corrected chi connectivity index (χ4v) is 0.297. The number of carbonyl (C=O) groups excluding carboxylic acids is 1. The average Bonchev–Trinajstić information content (AvgIpc) is 1.84. The molecule has 0 aromatic carbocycles. The van der Waals surface area contributed by atoms with Crippen LogP contribution in [-0.4, -0.2) is 27.9 Å². The molecule has 10 heavy (non-hydrogen) atoms. The summed E-state index contributed by atoms with van der Waals surface area (Å²) in [5.74, 6) is -5.90. The minimum Gasteiger partial charge on any atom is -0.481 e. The predicted molar refractivity (Wildman–Crippen MR) is 29.4 cm³/mol. The number of Topliss-reactive ketones (excluding diaryl/α,β-unsaturated/α-hetero) is 1. The standard InChI is InChI=1S/C5H6O5/c1-2(4(7)8)3(6)5(9)10/h2H,1H3,(H,7,8)(H,9,10)/t2-/m1/s1. The second kappa shape index (κ2) is 2.95. The number of hydrogen-bond donors (Lipinski definition) is 2. The van der Waals surface area contributed by atoms with Crippen LogP contribution in [0.4, 0.5) is 0 Å². The van der Waals surface area contributed by atoms with Crippen molar-refractivity contribution in [2.45, 2.75) is 6.92 Å². The van der Waals surface area contributed by atoms with Gasteiger partial charge in [0.05, 0.1) is 0 Å². The van der Waals surface area contributed by atoms with Crippen molar-refractivity contribution in [2.24, 2.45) is 5.92 Å². The van der Waals surface area contributed by atoms with E-state index in [9.17, 15) is 14.4 Å². The Balaban J connectivity index is 4.22. The number of rotatable bonds is 3. The predicted octanol–water partition coefficient (Wildman–Crippen LogP) is -0.639. The first-order valence-corrected chi connectivity index (χ1v) is 2.46. The molecule has 56 valence electrons.